The van der Waals surface area contributed by atoms with Crippen LogP contribution in [0.3, 0.4) is 0 Å². The molecule has 0 bridgehead atoms. The molecule has 0 atom stereocenters. The quantitative estimate of drug-likeness (QED) is 0.191. The van der Waals surface area contributed by atoms with Crippen molar-refractivity contribution in [3.05, 3.63) is 124 Å². The molecular formula is C36H33BrF3N3. The van der Waals surface area contributed by atoms with E-state index in [4.69, 9.17) is 9.97 Å². The lowest BCUT2D eigenvalue weighted by Crippen LogP contribution is -2.20. The second-order valence-corrected chi connectivity index (χ2v) is 13.5. The van der Waals surface area contributed by atoms with Crippen molar-refractivity contribution in [3.63, 3.8) is 0 Å². The van der Waals surface area contributed by atoms with Gasteiger partial charge in [0, 0.05) is 27.4 Å². The summed E-state index contributed by atoms with van der Waals surface area (Å²) in [6.45, 7) is 13.0. The Labute approximate surface area is 259 Å². The molecule has 0 fully saturated rings. The van der Waals surface area contributed by atoms with Crippen molar-refractivity contribution in [2.75, 3.05) is 4.90 Å². The van der Waals surface area contributed by atoms with Gasteiger partial charge in [-0.05, 0) is 88.7 Å². The second kappa shape index (κ2) is 11.6. The zero-order valence-electron chi connectivity index (χ0n) is 25.0. The van der Waals surface area contributed by atoms with Crippen molar-refractivity contribution in [2.45, 2.75) is 52.4 Å². The minimum absolute atomic E-state index is 0.163. The molecule has 0 aliphatic heterocycles. The number of hydrogen-bond acceptors (Lipinski definition) is 3. The molecule has 3 nitrogen and oxygen atoms in total. The molecule has 7 heteroatoms. The van der Waals surface area contributed by atoms with Crippen LogP contribution in [0, 0.1) is 17.5 Å². The van der Waals surface area contributed by atoms with Gasteiger partial charge in [-0.3, -0.25) is 4.90 Å². The minimum Gasteiger partial charge on any atom is -0.279 e. The van der Waals surface area contributed by atoms with Crippen LogP contribution in [0.15, 0.2) is 95.5 Å². The summed E-state index contributed by atoms with van der Waals surface area (Å²) in [6.07, 6.45) is 0. The molecule has 0 saturated carbocycles. The first-order valence-corrected chi connectivity index (χ1v) is 14.8. The first-order chi connectivity index (χ1) is 20.2. The topological polar surface area (TPSA) is 29.0 Å². The SMILES string of the molecule is CC(C)(C)c1cc(N(c2cccc(-c3ccc(F)cc3F)n2)c2cccc(-c3ccc(Br)cc3F)n2)cc(C(C)(C)C)c1. The molecule has 3 aromatic carbocycles. The number of anilines is 3. The number of nitrogens with zero attached hydrogens (tertiary/aromatic N) is 3. The molecule has 0 radical (unpaired) electrons. The summed E-state index contributed by atoms with van der Waals surface area (Å²) >= 11 is 3.32. The average Bonchev–Trinajstić information content (AvgIpc) is 2.92. The third-order valence-electron chi connectivity index (χ3n) is 7.25. The van der Waals surface area contributed by atoms with Crippen LogP contribution in [-0.4, -0.2) is 9.97 Å². The Balaban J connectivity index is 1.76. The van der Waals surface area contributed by atoms with Gasteiger partial charge in [0.2, 0.25) is 0 Å². The third kappa shape index (κ3) is 6.67. The van der Waals surface area contributed by atoms with E-state index in [1.165, 1.54) is 18.2 Å². The Bertz CT molecular complexity index is 1680. The standard InChI is InChI=1S/C36H33BrF3N3/c1-35(2,3)22-17-23(36(4,5)6)19-26(18-22)43(33-11-7-9-31(41-33)27-15-13-24(37)20-29(27)39)34-12-8-10-32(42-34)28-16-14-25(38)21-30(28)40/h7-21H,1-6H3. The van der Waals surface area contributed by atoms with Gasteiger partial charge in [0.15, 0.2) is 0 Å². The lowest BCUT2D eigenvalue weighted by molar-refractivity contribution is 0.568. The smallest absolute Gasteiger partial charge is 0.139 e. The second-order valence-electron chi connectivity index (χ2n) is 12.6. The molecule has 5 aromatic rings. The predicted octanol–water partition coefficient (Wildman–Crippen LogP) is 11.1. The van der Waals surface area contributed by atoms with E-state index in [1.54, 1.807) is 30.3 Å². The van der Waals surface area contributed by atoms with E-state index in [2.05, 4.69) is 75.7 Å². The van der Waals surface area contributed by atoms with E-state index < -0.39 is 17.5 Å². The summed E-state index contributed by atoms with van der Waals surface area (Å²) in [7, 11) is 0. The number of halogens is 4. The number of hydrogen-bond donors (Lipinski definition) is 0. The summed E-state index contributed by atoms with van der Waals surface area (Å²) in [4.78, 5) is 11.7. The molecule has 43 heavy (non-hydrogen) atoms. The molecule has 0 aliphatic carbocycles. The van der Waals surface area contributed by atoms with Crippen molar-refractivity contribution in [3.8, 4) is 22.5 Å². The highest BCUT2D eigenvalue weighted by Crippen LogP contribution is 2.40. The Morgan fingerprint density at radius 1 is 0.581 bits per heavy atom. The molecule has 220 valence electrons. The Hall–Kier alpha value is -3.97. The highest BCUT2D eigenvalue weighted by atomic mass is 79.9. The van der Waals surface area contributed by atoms with Crippen LogP contribution in [-0.2, 0) is 10.8 Å². The Morgan fingerprint density at radius 2 is 1.07 bits per heavy atom. The van der Waals surface area contributed by atoms with Gasteiger partial charge in [-0.25, -0.2) is 23.1 Å². The van der Waals surface area contributed by atoms with Gasteiger partial charge < -0.3 is 0 Å². The van der Waals surface area contributed by atoms with Crippen LogP contribution >= 0.6 is 15.9 Å². The molecular weight excluding hydrogens is 611 g/mol. The van der Waals surface area contributed by atoms with Crippen molar-refractivity contribution in [1.82, 2.24) is 9.97 Å². The molecule has 0 spiro atoms. The maximum absolute atomic E-state index is 15.0. The summed E-state index contributed by atoms with van der Waals surface area (Å²) in [5, 5.41) is 0. The van der Waals surface area contributed by atoms with E-state index >= 15 is 4.39 Å². The van der Waals surface area contributed by atoms with Crippen molar-refractivity contribution < 1.29 is 13.2 Å². The summed E-state index contributed by atoms with van der Waals surface area (Å²) in [6, 6.07) is 25.5. The molecule has 0 N–H and O–H groups in total. The number of benzene rings is 3. The predicted molar refractivity (Wildman–Crippen MR) is 173 cm³/mol. The lowest BCUT2D eigenvalue weighted by atomic mass is 9.80. The highest BCUT2D eigenvalue weighted by molar-refractivity contribution is 9.10. The number of pyridine rings is 2. The van der Waals surface area contributed by atoms with Crippen molar-refractivity contribution in [1.29, 1.82) is 0 Å². The van der Waals surface area contributed by atoms with Gasteiger partial charge in [0.25, 0.3) is 0 Å². The molecule has 0 saturated heterocycles. The maximum Gasteiger partial charge on any atom is 0.139 e. The van der Waals surface area contributed by atoms with Crippen LogP contribution in [0.5, 0.6) is 0 Å². The molecule has 0 aliphatic rings. The van der Waals surface area contributed by atoms with Gasteiger partial charge in [0.05, 0.1) is 11.4 Å². The number of aromatic nitrogens is 2. The van der Waals surface area contributed by atoms with Gasteiger partial charge in [-0.2, -0.15) is 0 Å². The molecule has 2 heterocycles. The van der Waals surface area contributed by atoms with Crippen molar-refractivity contribution >= 4 is 33.3 Å². The first-order valence-electron chi connectivity index (χ1n) is 14.0. The average molecular weight is 645 g/mol. The van der Waals surface area contributed by atoms with Crippen LogP contribution in [0.1, 0.15) is 52.7 Å². The van der Waals surface area contributed by atoms with E-state index in [1.807, 2.05) is 23.1 Å². The van der Waals surface area contributed by atoms with Crippen LogP contribution in [0.25, 0.3) is 22.5 Å². The maximum atomic E-state index is 15.0. The zero-order valence-corrected chi connectivity index (χ0v) is 26.6. The molecule has 0 unspecified atom stereocenters. The minimum atomic E-state index is -0.702. The Morgan fingerprint density at radius 3 is 1.53 bits per heavy atom. The fourth-order valence-electron chi connectivity index (χ4n) is 4.78. The monoisotopic (exact) mass is 643 g/mol. The molecule has 2 aromatic heterocycles. The summed E-state index contributed by atoms with van der Waals surface area (Å²) in [5.41, 5.74) is 4.07. The largest absolute Gasteiger partial charge is 0.279 e. The van der Waals surface area contributed by atoms with Gasteiger partial charge >= 0.3 is 0 Å². The van der Waals surface area contributed by atoms with Crippen molar-refractivity contribution in [2.24, 2.45) is 0 Å². The van der Waals surface area contributed by atoms with Crippen LogP contribution in [0.4, 0.5) is 30.5 Å². The molecule has 0 amide bonds. The van der Waals surface area contributed by atoms with E-state index in [0.717, 1.165) is 22.9 Å². The number of rotatable bonds is 5. The summed E-state index contributed by atoms with van der Waals surface area (Å²) < 4.78 is 44.2. The van der Waals surface area contributed by atoms with E-state index in [9.17, 15) is 8.78 Å². The fraction of sp³-hybridized carbons (Fsp3) is 0.222. The fourth-order valence-corrected chi connectivity index (χ4v) is 5.11. The van der Waals surface area contributed by atoms with E-state index in [-0.39, 0.29) is 16.4 Å². The lowest BCUT2D eigenvalue weighted by Gasteiger charge is -2.30. The zero-order chi connectivity index (χ0) is 31.1. The van der Waals surface area contributed by atoms with E-state index in [0.29, 0.717) is 33.1 Å². The van der Waals surface area contributed by atoms with Gasteiger partial charge in [0.1, 0.15) is 29.1 Å². The third-order valence-corrected chi connectivity index (χ3v) is 7.74. The Kier molecular flexibility index (Phi) is 8.23. The van der Waals surface area contributed by atoms with Crippen LogP contribution < -0.4 is 4.90 Å². The first kappa shape index (κ1) is 30.5. The molecule has 5 rings (SSSR count). The summed E-state index contributed by atoms with van der Waals surface area (Å²) in [5.74, 6) is -0.772. The van der Waals surface area contributed by atoms with Gasteiger partial charge in [-0.15, -0.1) is 0 Å². The highest BCUT2D eigenvalue weighted by Gasteiger charge is 2.25. The van der Waals surface area contributed by atoms with Gasteiger partial charge in [-0.1, -0.05) is 75.7 Å². The normalized spacial score (nSPS) is 12.0. The van der Waals surface area contributed by atoms with Crippen LogP contribution in [0.2, 0.25) is 0 Å².